The monoisotopic (exact) mass is 466 g/mol. The highest BCUT2D eigenvalue weighted by Gasteiger charge is 2.26. The lowest BCUT2D eigenvalue weighted by Crippen LogP contribution is -2.49. The van der Waals surface area contributed by atoms with E-state index in [9.17, 15) is 14.7 Å². The highest BCUT2D eigenvalue weighted by Crippen LogP contribution is 2.22. The van der Waals surface area contributed by atoms with Gasteiger partial charge in [0.05, 0.1) is 18.2 Å². The summed E-state index contributed by atoms with van der Waals surface area (Å²) in [5.41, 5.74) is 2.78. The van der Waals surface area contributed by atoms with Gasteiger partial charge in [-0.2, -0.15) is 0 Å². The van der Waals surface area contributed by atoms with Crippen molar-refractivity contribution in [3.63, 3.8) is 0 Å². The lowest BCUT2D eigenvalue weighted by Gasteiger charge is -2.36. The highest BCUT2D eigenvalue weighted by atomic mass is 16.5. The first-order valence-electron chi connectivity index (χ1n) is 11.9. The smallest absolute Gasteiger partial charge is 0.260 e. The average Bonchev–Trinajstić information content (AvgIpc) is 2.82. The fraction of sp³-hybridized carbons (Fsp3) is 0.500. The third-order valence-electron chi connectivity index (χ3n) is 6.35. The van der Waals surface area contributed by atoms with Crippen LogP contribution in [0.3, 0.4) is 0 Å². The van der Waals surface area contributed by atoms with Crippen molar-refractivity contribution in [1.82, 2.24) is 19.7 Å². The number of amides is 2. The Labute approximate surface area is 201 Å². The van der Waals surface area contributed by atoms with E-state index in [2.05, 4.69) is 28.1 Å². The molecule has 34 heavy (non-hydrogen) atoms. The van der Waals surface area contributed by atoms with Crippen LogP contribution in [0.4, 0.5) is 0 Å². The van der Waals surface area contributed by atoms with E-state index in [1.165, 1.54) is 16.7 Å². The molecule has 0 atom stereocenters. The molecule has 8 heteroatoms. The van der Waals surface area contributed by atoms with Crippen molar-refractivity contribution in [3.05, 3.63) is 59.4 Å². The van der Waals surface area contributed by atoms with Gasteiger partial charge in [-0.3, -0.25) is 19.5 Å². The van der Waals surface area contributed by atoms with Gasteiger partial charge in [0.1, 0.15) is 5.75 Å². The Kier molecular flexibility index (Phi) is 7.48. The predicted molar refractivity (Wildman–Crippen MR) is 128 cm³/mol. The summed E-state index contributed by atoms with van der Waals surface area (Å²) in [5.74, 6) is 0.599. The summed E-state index contributed by atoms with van der Waals surface area (Å²) >= 11 is 0. The van der Waals surface area contributed by atoms with E-state index in [4.69, 9.17) is 4.74 Å². The number of hydrogen-bond acceptors (Lipinski definition) is 6. The minimum Gasteiger partial charge on any atom is -0.482 e. The van der Waals surface area contributed by atoms with Crippen LogP contribution in [0.5, 0.6) is 5.75 Å². The summed E-state index contributed by atoms with van der Waals surface area (Å²) in [6.45, 7) is 8.54. The number of carbonyl (C=O) groups excluding carboxylic acids is 2. The van der Waals surface area contributed by atoms with Crippen LogP contribution in [0, 0.1) is 0 Å². The summed E-state index contributed by atoms with van der Waals surface area (Å²) in [5, 5.41) is 9.90. The lowest BCUT2D eigenvalue weighted by atomic mass is 9.97. The van der Waals surface area contributed by atoms with E-state index < -0.39 is 5.60 Å². The molecule has 4 rings (SSSR count). The number of hydrogen-bond donors (Lipinski definition) is 1. The number of aromatic nitrogens is 1. The molecule has 1 N–H and O–H groups in total. The first kappa shape index (κ1) is 24.2. The summed E-state index contributed by atoms with van der Waals surface area (Å²) < 4.78 is 5.56. The first-order chi connectivity index (χ1) is 16.3. The number of ether oxygens (including phenoxy) is 1. The maximum atomic E-state index is 12.6. The molecule has 182 valence electrons. The molecule has 0 spiro atoms. The number of benzene rings is 1. The van der Waals surface area contributed by atoms with E-state index >= 15 is 0 Å². The number of fused-ring (bicyclic) bond motifs is 1. The largest absolute Gasteiger partial charge is 0.482 e. The second-order valence-electron chi connectivity index (χ2n) is 9.79. The molecule has 1 aromatic carbocycles. The van der Waals surface area contributed by atoms with E-state index in [-0.39, 0.29) is 24.8 Å². The van der Waals surface area contributed by atoms with Crippen molar-refractivity contribution >= 4 is 11.8 Å². The van der Waals surface area contributed by atoms with Gasteiger partial charge in [0, 0.05) is 52.0 Å². The quantitative estimate of drug-likeness (QED) is 0.670. The molecule has 1 saturated heterocycles. The number of pyridine rings is 1. The SMILES string of the molecule is CC(C)(O)CC(=O)N1CCN(Cc2ccc3c(c2)CCN(C(=O)COc2cccnc2)C3)CC1. The van der Waals surface area contributed by atoms with Crippen molar-refractivity contribution in [1.29, 1.82) is 0 Å². The van der Waals surface area contributed by atoms with Crippen LogP contribution in [0.25, 0.3) is 0 Å². The van der Waals surface area contributed by atoms with Crippen LogP contribution < -0.4 is 4.74 Å². The van der Waals surface area contributed by atoms with Gasteiger partial charge in [0.25, 0.3) is 5.91 Å². The minimum atomic E-state index is -0.968. The summed E-state index contributed by atoms with van der Waals surface area (Å²) in [6.07, 6.45) is 4.27. The maximum absolute atomic E-state index is 12.6. The Hall–Kier alpha value is -2.97. The third kappa shape index (κ3) is 6.55. The number of rotatable bonds is 7. The Bertz CT molecular complexity index is 998. The van der Waals surface area contributed by atoms with Gasteiger partial charge in [-0.25, -0.2) is 0 Å². The van der Waals surface area contributed by atoms with Gasteiger partial charge >= 0.3 is 0 Å². The van der Waals surface area contributed by atoms with Crippen molar-refractivity contribution in [2.75, 3.05) is 39.3 Å². The number of nitrogens with zero attached hydrogens (tertiary/aromatic N) is 4. The van der Waals surface area contributed by atoms with Gasteiger partial charge < -0.3 is 19.6 Å². The fourth-order valence-electron chi connectivity index (χ4n) is 4.48. The molecule has 2 aromatic rings. The topological polar surface area (TPSA) is 86.2 Å². The standard InChI is InChI=1S/C26H34N4O4/c1-26(2,33)15-24(31)29-12-10-28(11-13-29)17-20-5-6-22-18-30(9-7-21(22)14-20)25(32)19-34-23-4-3-8-27-16-23/h3-6,8,14,16,33H,7,9-13,15,17-19H2,1-2H3. The minimum absolute atomic E-state index is 0.0173. The molecule has 2 amide bonds. The van der Waals surface area contributed by atoms with Crippen molar-refractivity contribution < 1.29 is 19.4 Å². The van der Waals surface area contributed by atoms with E-state index in [1.54, 1.807) is 38.4 Å². The predicted octanol–water partition coefficient (Wildman–Crippen LogP) is 1.85. The Morgan fingerprint density at radius 3 is 2.53 bits per heavy atom. The van der Waals surface area contributed by atoms with E-state index in [1.807, 2.05) is 9.80 Å². The van der Waals surface area contributed by atoms with Gasteiger partial charge in [-0.15, -0.1) is 0 Å². The molecule has 2 aliphatic rings. The zero-order chi connectivity index (χ0) is 24.1. The van der Waals surface area contributed by atoms with Gasteiger partial charge in [-0.05, 0) is 49.1 Å². The highest BCUT2D eigenvalue weighted by molar-refractivity contribution is 5.78. The summed E-state index contributed by atoms with van der Waals surface area (Å²) in [4.78, 5) is 35.0. The Balaban J connectivity index is 1.26. The molecule has 0 radical (unpaired) electrons. The molecule has 0 aliphatic carbocycles. The third-order valence-corrected chi connectivity index (χ3v) is 6.35. The second-order valence-corrected chi connectivity index (χ2v) is 9.79. The average molecular weight is 467 g/mol. The van der Waals surface area contributed by atoms with E-state index in [0.29, 0.717) is 31.9 Å². The van der Waals surface area contributed by atoms with Gasteiger partial charge in [-0.1, -0.05) is 18.2 Å². The van der Waals surface area contributed by atoms with Gasteiger partial charge in [0.15, 0.2) is 6.61 Å². The Morgan fingerprint density at radius 1 is 1.03 bits per heavy atom. The van der Waals surface area contributed by atoms with Crippen molar-refractivity contribution in [2.45, 2.75) is 45.4 Å². The molecule has 2 aliphatic heterocycles. The molecule has 0 unspecified atom stereocenters. The van der Waals surface area contributed by atoms with E-state index in [0.717, 1.165) is 26.1 Å². The maximum Gasteiger partial charge on any atom is 0.260 e. The molecule has 0 bridgehead atoms. The fourth-order valence-corrected chi connectivity index (χ4v) is 4.48. The molecule has 1 aromatic heterocycles. The van der Waals surface area contributed by atoms with Crippen LogP contribution >= 0.6 is 0 Å². The molecular formula is C26H34N4O4. The Morgan fingerprint density at radius 2 is 1.82 bits per heavy atom. The molecule has 3 heterocycles. The summed E-state index contributed by atoms with van der Waals surface area (Å²) in [6, 6.07) is 10.1. The van der Waals surface area contributed by atoms with Crippen molar-refractivity contribution in [2.24, 2.45) is 0 Å². The molecule has 1 fully saturated rings. The van der Waals surface area contributed by atoms with Gasteiger partial charge in [0.2, 0.25) is 5.91 Å². The number of carbonyl (C=O) groups is 2. The number of piperazine rings is 1. The van der Waals surface area contributed by atoms with Crippen LogP contribution in [-0.4, -0.2) is 81.5 Å². The zero-order valence-electron chi connectivity index (χ0n) is 20.1. The lowest BCUT2D eigenvalue weighted by molar-refractivity contribution is -0.137. The normalized spacial score (nSPS) is 16.8. The summed E-state index contributed by atoms with van der Waals surface area (Å²) in [7, 11) is 0. The first-order valence-corrected chi connectivity index (χ1v) is 11.9. The molecule has 0 saturated carbocycles. The van der Waals surface area contributed by atoms with Crippen LogP contribution in [-0.2, 0) is 29.1 Å². The zero-order valence-corrected chi connectivity index (χ0v) is 20.1. The van der Waals surface area contributed by atoms with Crippen LogP contribution in [0.15, 0.2) is 42.7 Å². The van der Waals surface area contributed by atoms with Crippen LogP contribution in [0.2, 0.25) is 0 Å². The second kappa shape index (κ2) is 10.5. The van der Waals surface area contributed by atoms with Crippen molar-refractivity contribution in [3.8, 4) is 5.75 Å². The molecular weight excluding hydrogens is 432 g/mol. The number of aliphatic hydroxyl groups is 1. The van der Waals surface area contributed by atoms with Crippen LogP contribution in [0.1, 0.15) is 37.0 Å². The molecule has 8 nitrogen and oxygen atoms in total.